The summed E-state index contributed by atoms with van der Waals surface area (Å²) in [5, 5.41) is 14.3. The number of hydrogen-bond donors (Lipinski definition) is 0. The van der Waals surface area contributed by atoms with Gasteiger partial charge in [-0.1, -0.05) is 65.7 Å². The van der Waals surface area contributed by atoms with Gasteiger partial charge in [-0.2, -0.15) is 10.2 Å². The molecule has 0 unspecified atom stereocenters. The highest BCUT2D eigenvalue weighted by Gasteiger charge is 2.07. The van der Waals surface area contributed by atoms with Gasteiger partial charge in [-0.15, -0.1) is 5.10 Å². The lowest BCUT2D eigenvalue weighted by molar-refractivity contribution is 0.794. The molecule has 0 radical (unpaired) electrons. The molecular weight excluding hydrogens is 391 g/mol. The highest BCUT2D eigenvalue weighted by atomic mass is 35.5. The molecule has 0 aliphatic rings. The van der Waals surface area contributed by atoms with Gasteiger partial charge >= 0.3 is 0 Å². The van der Waals surface area contributed by atoms with E-state index in [-0.39, 0.29) is 0 Å². The molecule has 2 aromatic carbocycles. The second kappa shape index (κ2) is 8.38. The predicted octanol–water partition coefficient (Wildman–Crippen LogP) is 5.73. The van der Waals surface area contributed by atoms with Crippen LogP contribution in [0.3, 0.4) is 0 Å². The third-order valence-electron chi connectivity index (χ3n) is 4.23. The molecule has 6 heteroatoms. The molecule has 0 spiro atoms. The Morgan fingerprint density at radius 1 is 0.857 bits per heavy atom. The molecule has 2 aromatic heterocycles. The van der Waals surface area contributed by atoms with Crippen LogP contribution in [0, 0.1) is 0 Å². The van der Waals surface area contributed by atoms with Crippen molar-refractivity contribution < 1.29 is 0 Å². The van der Waals surface area contributed by atoms with Crippen molar-refractivity contribution in [2.75, 3.05) is 0 Å². The number of rotatable bonds is 5. The molecule has 28 heavy (non-hydrogen) atoms. The molecule has 0 amide bonds. The molecule has 0 fully saturated rings. The van der Waals surface area contributed by atoms with Crippen molar-refractivity contribution in [3.8, 4) is 5.82 Å². The third-order valence-corrected chi connectivity index (χ3v) is 4.81. The summed E-state index contributed by atoms with van der Waals surface area (Å²) in [5.41, 5.74) is 3.82. The Kier molecular flexibility index (Phi) is 5.51. The van der Waals surface area contributed by atoms with Crippen molar-refractivity contribution in [2.45, 2.75) is 6.42 Å². The van der Waals surface area contributed by atoms with Gasteiger partial charge in [0.1, 0.15) is 0 Å². The molecule has 0 bridgehead atoms. The van der Waals surface area contributed by atoms with Gasteiger partial charge in [-0.3, -0.25) is 0 Å². The predicted molar refractivity (Wildman–Crippen MR) is 114 cm³/mol. The molecule has 138 valence electrons. The number of benzene rings is 2. The van der Waals surface area contributed by atoms with Crippen molar-refractivity contribution in [3.63, 3.8) is 0 Å². The van der Waals surface area contributed by atoms with Crippen LogP contribution in [0.5, 0.6) is 0 Å². The Hall–Kier alpha value is -2.95. The zero-order valence-corrected chi connectivity index (χ0v) is 16.3. The molecule has 0 saturated carbocycles. The first kappa shape index (κ1) is 18.4. The topological polar surface area (TPSA) is 43.6 Å². The molecule has 4 aromatic rings. The fourth-order valence-electron chi connectivity index (χ4n) is 2.80. The number of aromatic nitrogens is 4. The van der Waals surface area contributed by atoms with Crippen LogP contribution in [0.15, 0.2) is 72.9 Å². The molecule has 0 atom stereocenters. The Morgan fingerprint density at radius 2 is 1.71 bits per heavy atom. The fourth-order valence-corrected chi connectivity index (χ4v) is 3.27. The molecule has 0 aliphatic carbocycles. The average molecular weight is 407 g/mol. The van der Waals surface area contributed by atoms with Crippen molar-refractivity contribution in [3.05, 3.63) is 105 Å². The first-order valence-electron chi connectivity index (χ1n) is 8.73. The van der Waals surface area contributed by atoms with Gasteiger partial charge in [-0.25, -0.2) is 4.68 Å². The minimum atomic E-state index is 0.586. The van der Waals surface area contributed by atoms with E-state index in [4.69, 9.17) is 23.2 Å². The summed E-state index contributed by atoms with van der Waals surface area (Å²) < 4.78 is 1.76. The summed E-state index contributed by atoms with van der Waals surface area (Å²) in [5.74, 6) is 0.656. The van der Waals surface area contributed by atoms with E-state index in [1.165, 1.54) is 0 Å². The van der Waals surface area contributed by atoms with Crippen LogP contribution in [0.2, 0.25) is 10.0 Å². The summed E-state index contributed by atoms with van der Waals surface area (Å²) in [6.07, 6.45) is 6.38. The number of halogens is 2. The molecule has 0 saturated heterocycles. The highest BCUT2D eigenvalue weighted by Crippen LogP contribution is 2.23. The SMILES string of the molecule is Clc1ccc(Cc2ccc(-n3nccc3/C=C/c3ccccc3)nn2)c(Cl)c1. The second-order valence-electron chi connectivity index (χ2n) is 6.21. The second-order valence-corrected chi connectivity index (χ2v) is 7.05. The molecular formula is C22H16Cl2N4. The van der Waals surface area contributed by atoms with Gasteiger partial charge in [0.2, 0.25) is 0 Å². The summed E-state index contributed by atoms with van der Waals surface area (Å²) >= 11 is 12.2. The van der Waals surface area contributed by atoms with E-state index in [2.05, 4.69) is 15.3 Å². The van der Waals surface area contributed by atoms with Crippen LogP contribution in [-0.2, 0) is 6.42 Å². The summed E-state index contributed by atoms with van der Waals surface area (Å²) in [7, 11) is 0. The van der Waals surface area contributed by atoms with Crippen molar-refractivity contribution in [1.29, 1.82) is 0 Å². The first-order valence-corrected chi connectivity index (χ1v) is 9.49. The van der Waals surface area contributed by atoms with Crippen LogP contribution in [-0.4, -0.2) is 20.0 Å². The monoisotopic (exact) mass is 406 g/mol. The first-order chi connectivity index (χ1) is 13.7. The minimum absolute atomic E-state index is 0.586. The Bertz CT molecular complexity index is 1100. The normalized spacial score (nSPS) is 11.2. The standard InChI is InChI=1S/C22H16Cl2N4/c23-18-8-7-17(21(24)15-18)14-19-9-11-22(27-26-19)28-20(12-13-25-28)10-6-16-4-2-1-3-5-16/h1-13,15H,14H2/b10-6+. The van der Waals surface area contributed by atoms with Crippen LogP contribution in [0.4, 0.5) is 0 Å². The van der Waals surface area contributed by atoms with Crippen LogP contribution in [0.1, 0.15) is 22.5 Å². The highest BCUT2D eigenvalue weighted by molar-refractivity contribution is 6.35. The fraction of sp³-hybridized carbons (Fsp3) is 0.0455. The van der Waals surface area contributed by atoms with Gasteiger partial charge in [0.15, 0.2) is 5.82 Å². The van der Waals surface area contributed by atoms with Gasteiger partial charge in [-0.05, 0) is 47.5 Å². The number of hydrogen-bond acceptors (Lipinski definition) is 3. The van der Waals surface area contributed by atoms with E-state index < -0.39 is 0 Å². The van der Waals surface area contributed by atoms with Crippen LogP contribution >= 0.6 is 23.2 Å². The van der Waals surface area contributed by atoms with E-state index in [0.29, 0.717) is 22.3 Å². The Balaban J connectivity index is 1.53. The number of nitrogens with zero attached hydrogens (tertiary/aromatic N) is 4. The lowest BCUT2D eigenvalue weighted by Gasteiger charge is -2.06. The Labute approximate surface area is 173 Å². The average Bonchev–Trinajstić information content (AvgIpc) is 3.18. The van der Waals surface area contributed by atoms with Crippen LogP contribution < -0.4 is 0 Å². The van der Waals surface area contributed by atoms with E-state index >= 15 is 0 Å². The summed E-state index contributed by atoms with van der Waals surface area (Å²) in [6.45, 7) is 0. The lowest BCUT2D eigenvalue weighted by atomic mass is 10.1. The maximum Gasteiger partial charge on any atom is 0.176 e. The van der Waals surface area contributed by atoms with E-state index in [9.17, 15) is 0 Å². The van der Waals surface area contributed by atoms with E-state index in [0.717, 1.165) is 22.5 Å². The Morgan fingerprint density at radius 3 is 2.46 bits per heavy atom. The van der Waals surface area contributed by atoms with Crippen LogP contribution in [0.25, 0.3) is 18.0 Å². The van der Waals surface area contributed by atoms with Gasteiger partial charge in [0, 0.05) is 16.5 Å². The molecule has 4 nitrogen and oxygen atoms in total. The van der Waals surface area contributed by atoms with Gasteiger partial charge in [0.25, 0.3) is 0 Å². The molecule has 0 N–H and O–H groups in total. The largest absolute Gasteiger partial charge is 0.214 e. The zero-order chi connectivity index (χ0) is 19.3. The maximum absolute atomic E-state index is 6.24. The molecule has 4 rings (SSSR count). The molecule has 2 heterocycles. The van der Waals surface area contributed by atoms with E-state index in [1.807, 2.05) is 72.8 Å². The van der Waals surface area contributed by atoms with Gasteiger partial charge < -0.3 is 0 Å². The van der Waals surface area contributed by atoms with E-state index in [1.54, 1.807) is 16.9 Å². The van der Waals surface area contributed by atoms with Crippen molar-refractivity contribution in [2.24, 2.45) is 0 Å². The smallest absolute Gasteiger partial charge is 0.176 e. The third kappa shape index (κ3) is 4.30. The summed E-state index contributed by atoms with van der Waals surface area (Å²) in [4.78, 5) is 0. The minimum Gasteiger partial charge on any atom is -0.214 e. The van der Waals surface area contributed by atoms with Crippen molar-refractivity contribution in [1.82, 2.24) is 20.0 Å². The maximum atomic E-state index is 6.24. The zero-order valence-electron chi connectivity index (χ0n) is 14.8. The summed E-state index contributed by atoms with van der Waals surface area (Å²) in [6, 6.07) is 21.3. The lowest BCUT2D eigenvalue weighted by Crippen LogP contribution is -2.04. The molecule has 0 aliphatic heterocycles. The quantitative estimate of drug-likeness (QED) is 0.424. The van der Waals surface area contributed by atoms with Crippen molar-refractivity contribution >= 4 is 35.4 Å². The van der Waals surface area contributed by atoms with Gasteiger partial charge in [0.05, 0.1) is 17.6 Å².